The number of benzene rings is 1. The van der Waals surface area contributed by atoms with Crippen LogP contribution in [0.4, 0.5) is 5.69 Å². The first-order valence-electron chi connectivity index (χ1n) is 2.84. The molecule has 0 heterocycles. The van der Waals surface area contributed by atoms with Crippen molar-refractivity contribution in [1.29, 1.82) is 0 Å². The molecule has 0 unspecified atom stereocenters. The lowest BCUT2D eigenvalue weighted by atomic mass is 10.3. The zero-order chi connectivity index (χ0) is 8.27. The summed E-state index contributed by atoms with van der Waals surface area (Å²) in [4.78, 5) is 4.13. The maximum atomic E-state index is 4.13. The topological polar surface area (TPSA) is 12.4 Å². The van der Waals surface area contributed by atoms with Crippen molar-refractivity contribution in [3.63, 3.8) is 0 Å². The number of rotatable bonds is 1. The van der Waals surface area contributed by atoms with Crippen LogP contribution in [0.5, 0.6) is 0 Å². The Labute approximate surface area is 90.3 Å². The van der Waals surface area contributed by atoms with Crippen molar-refractivity contribution in [1.82, 2.24) is 0 Å². The first-order valence-corrected chi connectivity index (χ1v) is 5.21. The van der Waals surface area contributed by atoms with Gasteiger partial charge in [-0.1, -0.05) is 15.9 Å². The molecule has 1 aromatic rings. The molecule has 0 bridgehead atoms. The summed E-state index contributed by atoms with van der Waals surface area (Å²) >= 11 is 9.71. The summed E-state index contributed by atoms with van der Waals surface area (Å²) in [5.74, 6) is 0. The minimum atomic E-state index is 0.701. The molecule has 0 amide bonds. The number of aliphatic imine (C=N–C) groups is 1. The molecule has 1 nitrogen and oxygen atoms in total. The Bertz CT molecular complexity index is 262. The standard InChI is InChI=1S/C7H4Br3N/c8-5-1-3-6(4-2-5)11-7(9)10/h1-4H. The average Bonchev–Trinajstić information content (AvgIpc) is 1.93. The van der Waals surface area contributed by atoms with Crippen LogP contribution < -0.4 is 0 Å². The zero-order valence-electron chi connectivity index (χ0n) is 5.39. The molecular weight excluding hydrogens is 338 g/mol. The molecule has 0 N–H and O–H groups in total. The summed E-state index contributed by atoms with van der Waals surface area (Å²) in [5, 5.41) is 0. The third kappa shape index (κ3) is 3.49. The largest absolute Gasteiger partial charge is 0.234 e. The van der Waals surface area contributed by atoms with Crippen LogP contribution in [0.25, 0.3) is 0 Å². The summed E-state index contributed by atoms with van der Waals surface area (Å²) in [7, 11) is 0. The van der Waals surface area contributed by atoms with E-state index in [4.69, 9.17) is 0 Å². The van der Waals surface area contributed by atoms with Crippen molar-refractivity contribution in [2.45, 2.75) is 0 Å². The monoisotopic (exact) mass is 339 g/mol. The second-order valence-corrected chi connectivity index (χ2v) is 5.31. The van der Waals surface area contributed by atoms with E-state index in [2.05, 4.69) is 52.8 Å². The predicted molar refractivity (Wildman–Crippen MR) is 59.1 cm³/mol. The van der Waals surface area contributed by atoms with Crippen LogP contribution in [0, 0.1) is 0 Å². The summed E-state index contributed by atoms with van der Waals surface area (Å²) in [6, 6.07) is 7.74. The van der Waals surface area contributed by atoms with Gasteiger partial charge in [0.25, 0.3) is 0 Å². The van der Waals surface area contributed by atoms with E-state index in [1.165, 1.54) is 0 Å². The highest BCUT2D eigenvalue weighted by atomic mass is 79.9. The van der Waals surface area contributed by atoms with Crippen LogP contribution in [-0.2, 0) is 0 Å². The van der Waals surface area contributed by atoms with E-state index in [1.807, 2.05) is 24.3 Å². The summed E-state index contributed by atoms with van der Waals surface area (Å²) in [5.41, 5.74) is 0.914. The fourth-order valence-corrected chi connectivity index (χ4v) is 1.29. The Morgan fingerprint density at radius 3 is 2.09 bits per heavy atom. The van der Waals surface area contributed by atoms with E-state index in [0.717, 1.165) is 10.2 Å². The fourth-order valence-electron chi connectivity index (χ4n) is 0.613. The molecule has 0 aliphatic carbocycles. The van der Waals surface area contributed by atoms with Crippen molar-refractivity contribution >= 4 is 57.0 Å². The Morgan fingerprint density at radius 1 is 1.09 bits per heavy atom. The molecular formula is C7H4Br3N. The normalized spacial score (nSPS) is 9.36. The Kier molecular flexibility index (Phi) is 3.75. The average molecular weight is 342 g/mol. The molecule has 0 saturated carbocycles. The molecule has 58 valence electrons. The number of hydrogen-bond donors (Lipinski definition) is 0. The van der Waals surface area contributed by atoms with Crippen molar-refractivity contribution < 1.29 is 0 Å². The van der Waals surface area contributed by atoms with Crippen molar-refractivity contribution in [2.24, 2.45) is 4.99 Å². The third-order valence-corrected chi connectivity index (χ3v) is 1.92. The van der Waals surface area contributed by atoms with Gasteiger partial charge in [-0.2, -0.15) is 0 Å². The third-order valence-electron chi connectivity index (χ3n) is 1.04. The van der Waals surface area contributed by atoms with Crippen LogP contribution in [0.15, 0.2) is 33.7 Å². The van der Waals surface area contributed by atoms with Gasteiger partial charge in [-0.25, -0.2) is 4.99 Å². The van der Waals surface area contributed by atoms with Gasteiger partial charge in [0.05, 0.1) is 5.69 Å². The van der Waals surface area contributed by atoms with Gasteiger partial charge >= 0.3 is 0 Å². The SMILES string of the molecule is BrC(Br)=Nc1ccc(Br)cc1. The Balaban J connectivity index is 2.91. The lowest BCUT2D eigenvalue weighted by Gasteiger charge is -1.92. The molecule has 0 fully saturated rings. The summed E-state index contributed by atoms with van der Waals surface area (Å²) in [6.07, 6.45) is 0. The second kappa shape index (κ2) is 4.38. The number of nitrogens with zero attached hydrogens (tertiary/aromatic N) is 1. The van der Waals surface area contributed by atoms with E-state index in [1.54, 1.807) is 0 Å². The van der Waals surface area contributed by atoms with Gasteiger partial charge in [-0.15, -0.1) is 0 Å². The van der Waals surface area contributed by atoms with Crippen LogP contribution in [0.3, 0.4) is 0 Å². The molecule has 0 aliphatic heterocycles. The smallest absolute Gasteiger partial charge is 0.149 e. The quantitative estimate of drug-likeness (QED) is 0.678. The lowest BCUT2D eigenvalue weighted by Crippen LogP contribution is -1.68. The molecule has 1 rings (SSSR count). The fraction of sp³-hybridized carbons (Fsp3) is 0. The first-order chi connectivity index (χ1) is 5.18. The van der Waals surface area contributed by atoms with E-state index in [-0.39, 0.29) is 0 Å². The lowest BCUT2D eigenvalue weighted by molar-refractivity contribution is 1.53. The van der Waals surface area contributed by atoms with Gasteiger partial charge in [-0.3, -0.25) is 0 Å². The first kappa shape index (κ1) is 9.42. The Morgan fingerprint density at radius 2 is 1.64 bits per heavy atom. The highest BCUT2D eigenvalue weighted by molar-refractivity contribution is 9.39. The minimum Gasteiger partial charge on any atom is -0.234 e. The van der Waals surface area contributed by atoms with Crippen LogP contribution >= 0.6 is 47.8 Å². The molecule has 1 aromatic carbocycles. The van der Waals surface area contributed by atoms with Gasteiger partial charge in [0.1, 0.15) is 3.53 Å². The summed E-state index contributed by atoms with van der Waals surface area (Å²) < 4.78 is 1.76. The minimum absolute atomic E-state index is 0.701. The summed E-state index contributed by atoms with van der Waals surface area (Å²) in [6.45, 7) is 0. The van der Waals surface area contributed by atoms with Gasteiger partial charge in [0.2, 0.25) is 0 Å². The van der Waals surface area contributed by atoms with Gasteiger partial charge < -0.3 is 0 Å². The van der Waals surface area contributed by atoms with E-state index >= 15 is 0 Å². The van der Waals surface area contributed by atoms with E-state index < -0.39 is 0 Å². The Hall–Kier alpha value is 0.330. The second-order valence-electron chi connectivity index (χ2n) is 1.83. The van der Waals surface area contributed by atoms with Gasteiger partial charge in [0.15, 0.2) is 0 Å². The van der Waals surface area contributed by atoms with Crippen LogP contribution in [-0.4, -0.2) is 3.53 Å². The molecule has 0 aliphatic rings. The highest BCUT2D eigenvalue weighted by Crippen LogP contribution is 2.18. The van der Waals surface area contributed by atoms with Crippen LogP contribution in [0.1, 0.15) is 0 Å². The molecule has 4 heteroatoms. The van der Waals surface area contributed by atoms with Crippen molar-refractivity contribution in [3.05, 3.63) is 28.7 Å². The van der Waals surface area contributed by atoms with Gasteiger partial charge in [-0.05, 0) is 56.1 Å². The van der Waals surface area contributed by atoms with E-state index in [9.17, 15) is 0 Å². The number of hydrogen-bond acceptors (Lipinski definition) is 1. The zero-order valence-corrected chi connectivity index (χ0v) is 10.1. The van der Waals surface area contributed by atoms with Crippen molar-refractivity contribution in [3.8, 4) is 0 Å². The molecule has 0 saturated heterocycles. The van der Waals surface area contributed by atoms with E-state index in [0.29, 0.717) is 3.53 Å². The highest BCUT2D eigenvalue weighted by Gasteiger charge is 1.89. The maximum absolute atomic E-state index is 4.13. The molecule has 0 radical (unpaired) electrons. The van der Waals surface area contributed by atoms with Crippen LogP contribution in [0.2, 0.25) is 0 Å². The van der Waals surface area contributed by atoms with Gasteiger partial charge in [0, 0.05) is 4.47 Å². The molecule has 0 atom stereocenters. The molecule has 0 aromatic heterocycles. The molecule has 0 spiro atoms. The predicted octanol–water partition coefficient (Wildman–Crippen LogP) is 4.23. The van der Waals surface area contributed by atoms with Crippen molar-refractivity contribution in [2.75, 3.05) is 0 Å². The maximum Gasteiger partial charge on any atom is 0.149 e. The molecule has 11 heavy (non-hydrogen) atoms. The number of halogens is 3.